The average Bonchev–Trinajstić information content (AvgIpc) is 2.88. The second kappa shape index (κ2) is 11.2. The number of anilines is 1. The Kier molecular flexibility index (Phi) is 7.97. The fourth-order valence-electron chi connectivity index (χ4n) is 4.42. The Hall–Kier alpha value is -3.97. The van der Waals surface area contributed by atoms with Crippen LogP contribution in [0.5, 0.6) is 0 Å². The molecule has 1 atom stereocenters. The van der Waals surface area contributed by atoms with Gasteiger partial charge in [-0.25, -0.2) is 8.42 Å². The number of fused-ring (bicyclic) bond motifs is 1. The van der Waals surface area contributed by atoms with Gasteiger partial charge in [-0.2, -0.15) is 0 Å². The maximum atomic E-state index is 13.6. The van der Waals surface area contributed by atoms with Crippen molar-refractivity contribution in [2.45, 2.75) is 38.1 Å². The number of rotatable bonds is 8. The van der Waals surface area contributed by atoms with E-state index in [0.717, 1.165) is 5.56 Å². The quantitative estimate of drug-likeness (QED) is 0.310. The molecule has 0 bridgehead atoms. The van der Waals surface area contributed by atoms with Crippen LogP contribution in [0.3, 0.4) is 0 Å². The summed E-state index contributed by atoms with van der Waals surface area (Å²) in [6.07, 6.45) is 0.293. The van der Waals surface area contributed by atoms with E-state index in [1.807, 2.05) is 57.2 Å². The van der Waals surface area contributed by atoms with Crippen molar-refractivity contribution in [3.05, 3.63) is 108 Å². The van der Waals surface area contributed by atoms with Gasteiger partial charge in [0.15, 0.2) is 9.84 Å². The van der Waals surface area contributed by atoms with Crippen LogP contribution in [0.1, 0.15) is 36.7 Å². The second-order valence-corrected chi connectivity index (χ2v) is 12.5. The minimum absolute atomic E-state index is 0.000364. The Labute approximate surface area is 224 Å². The first kappa shape index (κ1) is 27.1. The van der Waals surface area contributed by atoms with Gasteiger partial charge < -0.3 is 10.6 Å². The summed E-state index contributed by atoms with van der Waals surface area (Å²) in [7, 11) is -3.56. The average molecular weight is 529 g/mol. The molecule has 4 aromatic carbocycles. The van der Waals surface area contributed by atoms with Crippen LogP contribution >= 0.6 is 0 Å². The SMILES string of the molecule is CC(C)(C)CS(=O)(=O)c1cccc2c(NC(=O)[C@@H](Cc3ccccc3)NC(=O)c3ccccc3)cccc12. The molecule has 0 radical (unpaired) electrons. The number of amides is 2. The molecule has 0 aliphatic carbocycles. The molecule has 0 spiro atoms. The molecule has 0 aromatic heterocycles. The highest BCUT2D eigenvalue weighted by Crippen LogP contribution is 2.31. The van der Waals surface area contributed by atoms with E-state index in [1.54, 1.807) is 60.7 Å². The zero-order valence-corrected chi connectivity index (χ0v) is 22.6. The number of hydrogen-bond donors (Lipinski definition) is 2. The van der Waals surface area contributed by atoms with Crippen molar-refractivity contribution in [1.82, 2.24) is 5.32 Å². The van der Waals surface area contributed by atoms with Crippen LogP contribution in [0.25, 0.3) is 10.8 Å². The van der Waals surface area contributed by atoms with Gasteiger partial charge in [0.05, 0.1) is 10.6 Å². The summed E-state index contributed by atoms with van der Waals surface area (Å²) in [5.41, 5.74) is 1.42. The Morgan fingerprint density at radius 3 is 2.03 bits per heavy atom. The summed E-state index contributed by atoms with van der Waals surface area (Å²) in [5, 5.41) is 6.96. The van der Waals surface area contributed by atoms with Crippen LogP contribution in [-0.2, 0) is 21.1 Å². The van der Waals surface area contributed by atoms with Crippen LogP contribution in [0.15, 0.2) is 102 Å². The Balaban J connectivity index is 1.66. The summed E-state index contributed by atoms with van der Waals surface area (Å²) in [5.74, 6) is -0.746. The lowest BCUT2D eigenvalue weighted by Gasteiger charge is -2.21. The van der Waals surface area contributed by atoms with E-state index in [0.29, 0.717) is 28.4 Å². The van der Waals surface area contributed by atoms with Gasteiger partial charge in [-0.1, -0.05) is 93.6 Å². The van der Waals surface area contributed by atoms with Crippen molar-refractivity contribution in [3.63, 3.8) is 0 Å². The summed E-state index contributed by atoms with van der Waals surface area (Å²) >= 11 is 0. The first-order valence-electron chi connectivity index (χ1n) is 12.5. The smallest absolute Gasteiger partial charge is 0.251 e. The van der Waals surface area contributed by atoms with Crippen molar-refractivity contribution in [2.24, 2.45) is 5.41 Å². The number of nitrogens with one attached hydrogen (secondary N) is 2. The highest BCUT2D eigenvalue weighted by molar-refractivity contribution is 7.91. The van der Waals surface area contributed by atoms with Crippen LogP contribution in [0.2, 0.25) is 0 Å². The van der Waals surface area contributed by atoms with Crippen LogP contribution in [0, 0.1) is 5.41 Å². The van der Waals surface area contributed by atoms with Gasteiger partial charge >= 0.3 is 0 Å². The Morgan fingerprint density at radius 1 is 0.763 bits per heavy atom. The van der Waals surface area contributed by atoms with Crippen molar-refractivity contribution in [1.29, 1.82) is 0 Å². The molecule has 7 heteroatoms. The Morgan fingerprint density at radius 2 is 1.37 bits per heavy atom. The number of carbonyl (C=O) groups excluding carboxylic acids is 2. The molecular weight excluding hydrogens is 496 g/mol. The third kappa shape index (κ3) is 6.66. The fourth-order valence-corrected chi connectivity index (χ4v) is 6.51. The molecule has 0 aliphatic rings. The number of sulfone groups is 1. The van der Waals surface area contributed by atoms with Crippen molar-refractivity contribution >= 4 is 38.1 Å². The molecule has 4 rings (SSSR count). The predicted molar refractivity (Wildman–Crippen MR) is 152 cm³/mol. The van der Waals surface area contributed by atoms with E-state index >= 15 is 0 Å². The fraction of sp³-hybridized carbons (Fsp3) is 0.226. The zero-order chi connectivity index (χ0) is 27.3. The third-order valence-electron chi connectivity index (χ3n) is 6.04. The molecule has 0 heterocycles. The molecule has 0 saturated heterocycles. The molecule has 38 heavy (non-hydrogen) atoms. The van der Waals surface area contributed by atoms with Gasteiger partial charge in [-0.3, -0.25) is 9.59 Å². The zero-order valence-electron chi connectivity index (χ0n) is 21.8. The van der Waals surface area contributed by atoms with E-state index in [1.165, 1.54) is 0 Å². The largest absolute Gasteiger partial charge is 0.340 e. The lowest BCUT2D eigenvalue weighted by atomic mass is 10.0. The molecule has 6 nitrogen and oxygen atoms in total. The van der Waals surface area contributed by atoms with Crippen molar-refractivity contribution < 1.29 is 18.0 Å². The van der Waals surface area contributed by atoms with E-state index < -0.39 is 27.2 Å². The molecule has 0 saturated carbocycles. The minimum atomic E-state index is -3.56. The predicted octanol–water partition coefficient (Wildman–Crippen LogP) is 5.64. The van der Waals surface area contributed by atoms with Crippen molar-refractivity contribution in [2.75, 3.05) is 11.1 Å². The van der Waals surface area contributed by atoms with Crippen molar-refractivity contribution in [3.8, 4) is 0 Å². The van der Waals surface area contributed by atoms with Gasteiger partial charge in [0.2, 0.25) is 5.91 Å². The second-order valence-electron chi connectivity index (χ2n) is 10.5. The maximum absolute atomic E-state index is 13.6. The van der Waals surface area contributed by atoms with Gasteiger partial charge in [-0.05, 0) is 35.2 Å². The molecule has 2 N–H and O–H groups in total. The van der Waals surface area contributed by atoms with Crippen LogP contribution in [0.4, 0.5) is 5.69 Å². The van der Waals surface area contributed by atoms with Gasteiger partial charge in [0.25, 0.3) is 5.91 Å². The lowest BCUT2D eigenvalue weighted by molar-refractivity contribution is -0.118. The molecule has 0 aliphatic heterocycles. The minimum Gasteiger partial charge on any atom is -0.340 e. The summed E-state index contributed by atoms with van der Waals surface area (Å²) < 4.78 is 26.5. The number of hydrogen-bond acceptors (Lipinski definition) is 4. The van der Waals surface area contributed by atoms with E-state index in [4.69, 9.17) is 0 Å². The first-order valence-corrected chi connectivity index (χ1v) is 14.1. The molecule has 196 valence electrons. The molecule has 4 aromatic rings. The summed E-state index contributed by atoms with van der Waals surface area (Å²) in [4.78, 5) is 26.7. The van der Waals surface area contributed by atoms with E-state index in [2.05, 4.69) is 10.6 Å². The van der Waals surface area contributed by atoms with Gasteiger partial charge in [-0.15, -0.1) is 0 Å². The van der Waals surface area contributed by atoms with Crippen LogP contribution in [-0.4, -0.2) is 32.0 Å². The standard InChI is InChI=1S/C31H32N2O4S/c1-31(2,3)21-38(36,37)28-19-11-16-24-25(28)17-10-18-26(24)32-30(35)27(20-22-12-6-4-7-13-22)33-29(34)23-14-8-5-9-15-23/h4-19,27H,20-21H2,1-3H3,(H,32,35)(H,33,34)/t27-/m1/s1. The number of carbonyl (C=O) groups is 2. The highest BCUT2D eigenvalue weighted by atomic mass is 32.2. The Bertz CT molecular complexity index is 1540. The molecule has 2 amide bonds. The highest BCUT2D eigenvalue weighted by Gasteiger charge is 2.26. The topological polar surface area (TPSA) is 92.3 Å². The summed E-state index contributed by atoms with van der Waals surface area (Å²) in [6.45, 7) is 5.66. The molecular formula is C31H32N2O4S. The third-order valence-corrected chi connectivity index (χ3v) is 8.31. The lowest BCUT2D eigenvalue weighted by Crippen LogP contribution is -2.45. The first-order chi connectivity index (χ1) is 18.0. The summed E-state index contributed by atoms with van der Waals surface area (Å²) in [6, 6.07) is 27.6. The van der Waals surface area contributed by atoms with Gasteiger partial charge in [0.1, 0.15) is 6.04 Å². The van der Waals surface area contributed by atoms with Crippen LogP contribution < -0.4 is 10.6 Å². The van der Waals surface area contributed by atoms with Gasteiger partial charge in [0, 0.05) is 28.4 Å². The van der Waals surface area contributed by atoms with E-state index in [-0.39, 0.29) is 16.6 Å². The number of benzene rings is 4. The van der Waals surface area contributed by atoms with E-state index in [9.17, 15) is 18.0 Å². The monoisotopic (exact) mass is 528 g/mol. The molecule has 0 unspecified atom stereocenters. The molecule has 0 fully saturated rings. The normalized spacial score (nSPS) is 12.6. The maximum Gasteiger partial charge on any atom is 0.251 e.